The Kier molecular flexibility index (Phi) is 7.50. The van der Waals surface area contributed by atoms with E-state index in [0.29, 0.717) is 41.3 Å². The van der Waals surface area contributed by atoms with Crippen molar-refractivity contribution in [2.75, 3.05) is 20.2 Å². The molecule has 0 bridgehead atoms. The van der Waals surface area contributed by atoms with E-state index in [1.54, 1.807) is 24.3 Å². The first-order chi connectivity index (χ1) is 17.2. The molecule has 0 saturated carbocycles. The summed E-state index contributed by atoms with van der Waals surface area (Å²) in [4.78, 5) is 26.2. The molecule has 0 aliphatic carbocycles. The fraction of sp³-hybridized carbons (Fsp3) is 0.286. The molecule has 188 valence electrons. The van der Waals surface area contributed by atoms with Crippen molar-refractivity contribution in [1.29, 1.82) is 0 Å². The summed E-state index contributed by atoms with van der Waals surface area (Å²) in [7, 11) is 1.51. The number of hydrogen-bond donors (Lipinski definition) is 1. The summed E-state index contributed by atoms with van der Waals surface area (Å²) < 4.78 is 25.1. The summed E-state index contributed by atoms with van der Waals surface area (Å²) in [6.45, 7) is 1.72. The number of halogens is 2. The maximum atomic E-state index is 13.4. The number of hydrogen-bond acceptors (Lipinski definition) is 4. The van der Waals surface area contributed by atoms with Gasteiger partial charge in [0.1, 0.15) is 18.0 Å². The van der Waals surface area contributed by atoms with Gasteiger partial charge in [0.15, 0.2) is 11.5 Å². The zero-order chi connectivity index (χ0) is 25.9. The van der Waals surface area contributed by atoms with Gasteiger partial charge in [0.2, 0.25) is 0 Å². The molecule has 1 aliphatic heterocycles. The molecule has 1 unspecified atom stereocenters. The smallest absolute Gasteiger partial charge is 0.323 e. The second-order valence-corrected chi connectivity index (χ2v) is 9.63. The second-order valence-electron chi connectivity index (χ2n) is 9.20. The molecular weight excluding hydrogens is 485 g/mol. The molecular formula is C28H27ClFNO5. The van der Waals surface area contributed by atoms with Crippen LogP contribution in [0.5, 0.6) is 11.5 Å². The van der Waals surface area contributed by atoms with E-state index < -0.39 is 24.0 Å². The number of fused-ring (bicyclic) bond motifs is 1. The van der Waals surface area contributed by atoms with Crippen molar-refractivity contribution in [3.63, 3.8) is 0 Å². The number of ether oxygens (including phenoxy) is 2. The van der Waals surface area contributed by atoms with Gasteiger partial charge in [-0.3, -0.25) is 9.59 Å². The van der Waals surface area contributed by atoms with Crippen LogP contribution in [-0.2, 0) is 24.1 Å². The predicted molar refractivity (Wildman–Crippen MR) is 135 cm³/mol. The van der Waals surface area contributed by atoms with Crippen molar-refractivity contribution in [2.24, 2.45) is 0 Å². The number of nitrogens with zero attached hydrogens (tertiary/aromatic N) is 1. The summed E-state index contributed by atoms with van der Waals surface area (Å²) in [6, 6.07) is 16.8. The quantitative estimate of drug-likeness (QED) is 0.427. The monoisotopic (exact) mass is 511 g/mol. The standard InChI is InChI=1S/C28H27ClFNO5/c1-28(15-19-3-7-22(29)8-4-19)16-21-13-20(14-24(35-2)26(21)36-28)27(34)31(17-25(32)33)12-11-18-5-9-23(30)10-6-18/h3-10,13-14H,11-12,15-17H2,1-2H3,(H,32,33). The Balaban J connectivity index is 1.55. The summed E-state index contributed by atoms with van der Waals surface area (Å²) in [6.07, 6.45) is 1.58. The minimum Gasteiger partial charge on any atom is -0.493 e. The van der Waals surface area contributed by atoms with Crippen LogP contribution in [0.25, 0.3) is 0 Å². The van der Waals surface area contributed by atoms with Crippen molar-refractivity contribution in [1.82, 2.24) is 4.90 Å². The number of carbonyl (C=O) groups is 2. The van der Waals surface area contributed by atoms with Gasteiger partial charge in [0, 0.05) is 35.5 Å². The van der Waals surface area contributed by atoms with Crippen LogP contribution in [-0.4, -0.2) is 47.7 Å². The van der Waals surface area contributed by atoms with E-state index in [-0.39, 0.29) is 12.4 Å². The summed E-state index contributed by atoms with van der Waals surface area (Å²) >= 11 is 6.01. The van der Waals surface area contributed by atoms with Gasteiger partial charge < -0.3 is 19.5 Å². The molecule has 1 aliphatic rings. The van der Waals surface area contributed by atoms with Gasteiger partial charge in [-0.05, 0) is 60.9 Å². The minimum absolute atomic E-state index is 0.168. The van der Waals surface area contributed by atoms with Crippen molar-refractivity contribution < 1.29 is 28.6 Å². The van der Waals surface area contributed by atoms with Crippen LogP contribution >= 0.6 is 11.6 Å². The highest BCUT2D eigenvalue weighted by Gasteiger charge is 2.38. The third kappa shape index (κ3) is 5.97. The fourth-order valence-corrected chi connectivity index (χ4v) is 4.64. The van der Waals surface area contributed by atoms with Crippen LogP contribution < -0.4 is 9.47 Å². The van der Waals surface area contributed by atoms with Crippen LogP contribution in [0.4, 0.5) is 4.39 Å². The highest BCUT2D eigenvalue weighted by molar-refractivity contribution is 6.30. The third-order valence-corrected chi connectivity index (χ3v) is 6.45. The molecule has 0 saturated heterocycles. The van der Waals surface area contributed by atoms with Gasteiger partial charge in [-0.1, -0.05) is 35.9 Å². The van der Waals surface area contributed by atoms with Gasteiger partial charge >= 0.3 is 5.97 Å². The molecule has 0 fully saturated rings. The molecule has 6 nitrogen and oxygen atoms in total. The SMILES string of the molecule is COc1cc(C(=O)N(CCc2ccc(F)cc2)CC(=O)O)cc2c1OC(C)(Cc1ccc(Cl)cc1)C2. The Bertz CT molecular complexity index is 1260. The van der Waals surface area contributed by atoms with E-state index in [4.69, 9.17) is 21.1 Å². The first-order valence-electron chi connectivity index (χ1n) is 11.6. The summed E-state index contributed by atoms with van der Waals surface area (Å²) in [5, 5.41) is 10.1. The number of methoxy groups -OCH3 is 1. The molecule has 8 heteroatoms. The third-order valence-electron chi connectivity index (χ3n) is 6.20. The zero-order valence-electron chi connectivity index (χ0n) is 20.1. The number of carbonyl (C=O) groups excluding carboxylic acids is 1. The average molecular weight is 512 g/mol. The van der Waals surface area contributed by atoms with Crippen molar-refractivity contribution in [2.45, 2.75) is 31.8 Å². The number of amides is 1. The molecule has 3 aromatic rings. The number of benzene rings is 3. The van der Waals surface area contributed by atoms with E-state index in [9.17, 15) is 19.1 Å². The first-order valence-corrected chi connectivity index (χ1v) is 11.9. The van der Waals surface area contributed by atoms with E-state index in [1.165, 1.54) is 24.1 Å². The highest BCUT2D eigenvalue weighted by Crippen LogP contribution is 2.44. The topological polar surface area (TPSA) is 76.1 Å². The molecule has 1 amide bonds. The normalized spacial score (nSPS) is 16.2. The van der Waals surface area contributed by atoms with Crippen molar-refractivity contribution >= 4 is 23.5 Å². The first kappa shape index (κ1) is 25.5. The Morgan fingerprint density at radius 3 is 2.42 bits per heavy atom. The molecule has 4 rings (SSSR count). The number of carboxylic acid groups (broad SMARTS) is 1. The molecule has 0 aromatic heterocycles. The molecule has 1 atom stereocenters. The Hall–Kier alpha value is -3.58. The van der Waals surface area contributed by atoms with Crippen molar-refractivity contribution in [3.8, 4) is 11.5 Å². The lowest BCUT2D eigenvalue weighted by atomic mass is 9.91. The predicted octanol–water partition coefficient (Wildman–Crippen LogP) is 5.19. The number of carboxylic acids is 1. The highest BCUT2D eigenvalue weighted by atomic mass is 35.5. The Morgan fingerprint density at radius 2 is 1.78 bits per heavy atom. The van der Waals surface area contributed by atoms with Gasteiger partial charge in [-0.25, -0.2) is 4.39 Å². The van der Waals surface area contributed by atoms with Crippen molar-refractivity contribution in [3.05, 3.63) is 93.8 Å². The Labute approximate surface area is 214 Å². The minimum atomic E-state index is -1.12. The molecule has 1 heterocycles. The van der Waals surface area contributed by atoms with E-state index in [2.05, 4.69) is 0 Å². The molecule has 0 radical (unpaired) electrons. The maximum absolute atomic E-state index is 13.4. The van der Waals surface area contributed by atoms with E-state index in [0.717, 1.165) is 16.7 Å². The molecule has 1 N–H and O–H groups in total. The Morgan fingerprint density at radius 1 is 1.11 bits per heavy atom. The largest absolute Gasteiger partial charge is 0.493 e. The lowest BCUT2D eigenvalue weighted by molar-refractivity contribution is -0.137. The van der Waals surface area contributed by atoms with Crippen LogP contribution in [0.15, 0.2) is 60.7 Å². The number of aliphatic carboxylic acids is 1. The van der Waals surface area contributed by atoms with Gasteiger partial charge in [0.25, 0.3) is 5.91 Å². The van der Waals surface area contributed by atoms with Crippen LogP contribution in [0.1, 0.15) is 34.0 Å². The van der Waals surface area contributed by atoms with Crippen LogP contribution in [0, 0.1) is 5.82 Å². The molecule has 36 heavy (non-hydrogen) atoms. The second kappa shape index (κ2) is 10.6. The number of rotatable bonds is 9. The molecule has 3 aromatic carbocycles. The van der Waals surface area contributed by atoms with E-state index >= 15 is 0 Å². The molecule has 0 spiro atoms. The lowest BCUT2D eigenvalue weighted by Gasteiger charge is -2.24. The van der Waals surface area contributed by atoms with E-state index in [1.807, 2.05) is 31.2 Å². The van der Waals surface area contributed by atoms with Crippen LogP contribution in [0.2, 0.25) is 5.02 Å². The van der Waals surface area contributed by atoms with Gasteiger partial charge in [0.05, 0.1) is 7.11 Å². The summed E-state index contributed by atoms with van der Waals surface area (Å²) in [5.41, 5.74) is 2.47. The van der Waals surface area contributed by atoms with Gasteiger partial charge in [-0.2, -0.15) is 0 Å². The van der Waals surface area contributed by atoms with Crippen LogP contribution in [0.3, 0.4) is 0 Å². The maximum Gasteiger partial charge on any atom is 0.323 e. The lowest BCUT2D eigenvalue weighted by Crippen LogP contribution is -2.37. The average Bonchev–Trinajstić information content (AvgIpc) is 3.18. The summed E-state index contributed by atoms with van der Waals surface area (Å²) in [5.74, 6) is -0.889. The fourth-order valence-electron chi connectivity index (χ4n) is 4.51. The zero-order valence-corrected chi connectivity index (χ0v) is 20.8. The van der Waals surface area contributed by atoms with Gasteiger partial charge in [-0.15, -0.1) is 0 Å².